The summed E-state index contributed by atoms with van der Waals surface area (Å²) >= 11 is 0. The van der Waals surface area contributed by atoms with Crippen molar-refractivity contribution >= 4 is 5.69 Å². The lowest BCUT2D eigenvalue weighted by molar-refractivity contribution is -0.697. The molecule has 94 valence electrons. The lowest BCUT2D eigenvalue weighted by Gasteiger charge is -2.10. The molecular weight excluding hydrogens is 224 g/mol. The molecule has 0 N–H and O–H groups in total. The van der Waals surface area contributed by atoms with Crippen molar-refractivity contribution < 1.29 is 9.30 Å². The molecule has 0 radical (unpaired) electrons. The first-order chi connectivity index (χ1) is 8.75. The Kier molecular flexibility index (Phi) is 4.18. The molecule has 0 fully saturated rings. The van der Waals surface area contributed by atoms with Crippen LogP contribution in [0.25, 0.3) is 0 Å². The van der Waals surface area contributed by atoms with Crippen LogP contribution in [0.3, 0.4) is 0 Å². The second-order valence-electron chi connectivity index (χ2n) is 4.35. The van der Waals surface area contributed by atoms with E-state index < -0.39 is 0 Å². The van der Waals surface area contributed by atoms with E-state index in [9.17, 15) is 0 Å². The summed E-state index contributed by atoms with van der Waals surface area (Å²) in [7, 11) is 4.08. The smallest absolute Gasteiger partial charge is 0.182 e. The summed E-state index contributed by atoms with van der Waals surface area (Å²) in [5.74, 6) is 0.919. The second kappa shape index (κ2) is 6.05. The number of hydrogen-bond acceptors (Lipinski definition) is 2. The summed E-state index contributed by atoms with van der Waals surface area (Å²) in [6.07, 6.45) is 4.15. The van der Waals surface area contributed by atoms with Gasteiger partial charge in [0.25, 0.3) is 0 Å². The Morgan fingerprint density at radius 2 is 1.67 bits per heavy atom. The van der Waals surface area contributed by atoms with Crippen LogP contribution in [-0.2, 0) is 6.54 Å². The van der Waals surface area contributed by atoms with Gasteiger partial charge >= 0.3 is 0 Å². The summed E-state index contributed by atoms with van der Waals surface area (Å²) in [6.45, 7) is 1.53. The van der Waals surface area contributed by atoms with Gasteiger partial charge in [-0.2, -0.15) is 0 Å². The number of benzene rings is 1. The van der Waals surface area contributed by atoms with Crippen LogP contribution in [0.1, 0.15) is 0 Å². The van der Waals surface area contributed by atoms with E-state index in [1.54, 1.807) is 0 Å². The highest BCUT2D eigenvalue weighted by atomic mass is 16.5. The van der Waals surface area contributed by atoms with E-state index in [-0.39, 0.29) is 0 Å². The monoisotopic (exact) mass is 243 g/mol. The van der Waals surface area contributed by atoms with Crippen LogP contribution >= 0.6 is 0 Å². The van der Waals surface area contributed by atoms with E-state index in [1.807, 2.05) is 44.4 Å². The maximum Gasteiger partial charge on any atom is 0.182 e. The molecule has 2 rings (SSSR count). The zero-order valence-electron chi connectivity index (χ0n) is 10.9. The SMILES string of the molecule is CN(C)c1cc[n+](CCOc2ccccc2)cc1. The van der Waals surface area contributed by atoms with Gasteiger partial charge < -0.3 is 9.64 Å². The fraction of sp³-hybridized carbons (Fsp3) is 0.267. The first-order valence-electron chi connectivity index (χ1n) is 6.10. The van der Waals surface area contributed by atoms with Crippen LogP contribution in [-0.4, -0.2) is 20.7 Å². The van der Waals surface area contributed by atoms with Gasteiger partial charge in [0.15, 0.2) is 18.9 Å². The number of ether oxygens (including phenoxy) is 1. The van der Waals surface area contributed by atoms with Crippen LogP contribution in [0.4, 0.5) is 5.69 Å². The first kappa shape index (κ1) is 12.4. The van der Waals surface area contributed by atoms with Gasteiger partial charge in [0, 0.05) is 31.9 Å². The summed E-state index contributed by atoms with van der Waals surface area (Å²) < 4.78 is 7.78. The minimum absolute atomic E-state index is 0.677. The van der Waals surface area contributed by atoms with Gasteiger partial charge in [0.2, 0.25) is 0 Å². The van der Waals surface area contributed by atoms with Gasteiger partial charge in [-0.3, -0.25) is 0 Å². The largest absolute Gasteiger partial charge is 0.487 e. The third-order valence-corrected chi connectivity index (χ3v) is 2.75. The topological polar surface area (TPSA) is 16.4 Å². The molecule has 2 aromatic rings. The van der Waals surface area contributed by atoms with Gasteiger partial charge in [-0.05, 0) is 12.1 Å². The molecule has 0 aliphatic carbocycles. The van der Waals surface area contributed by atoms with Crippen LogP contribution in [0.2, 0.25) is 0 Å². The summed E-state index contributed by atoms with van der Waals surface area (Å²) in [5, 5.41) is 0. The van der Waals surface area contributed by atoms with E-state index in [4.69, 9.17) is 4.74 Å². The number of hydrogen-bond donors (Lipinski definition) is 0. The number of aromatic nitrogens is 1. The van der Waals surface area contributed by atoms with Crippen molar-refractivity contribution in [2.45, 2.75) is 6.54 Å². The molecule has 0 aliphatic rings. The highest BCUT2D eigenvalue weighted by molar-refractivity contribution is 5.41. The van der Waals surface area contributed by atoms with Crippen molar-refractivity contribution in [3.8, 4) is 5.75 Å². The molecule has 0 unspecified atom stereocenters. The minimum Gasteiger partial charge on any atom is -0.487 e. The predicted octanol–water partition coefficient (Wildman–Crippen LogP) is 2.12. The van der Waals surface area contributed by atoms with Crippen LogP contribution in [0.5, 0.6) is 5.75 Å². The maximum absolute atomic E-state index is 5.66. The first-order valence-corrected chi connectivity index (χ1v) is 6.10. The van der Waals surface area contributed by atoms with Crippen molar-refractivity contribution in [3.63, 3.8) is 0 Å². The van der Waals surface area contributed by atoms with Gasteiger partial charge in [0.1, 0.15) is 12.4 Å². The molecule has 3 nitrogen and oxygen atoms in total. The number of pyridine rings is 1. The van der Waals surface area contributed by atoms with Crippen LogP contribution < -0.4 is 14.2 Å². The van der Waals surface area contributed by atoms with Crippen LogP contribution in [0, 0.1) is 0 Å². The highest BCUT2D eigenvalue weighted by Crippen LogP contribution is 2.08. The Balaban J connectivity index is 1.83. The lowest BCUT2D eigenvalue weighted by atomic mass is 10.3. The van der Waals surface area contributed by atoms with Crippen molar-refractivity contribution in [3.05, 3.63) is 54.9 Å². The predicted molar refractivity (Wildman–Crippen MR) is 72.9 cm³/mol. The fourth-order valence-electron chi connectivity index (χ4n) is 1.68. The van der Waals surface area contributed by atoms with Gasteiger partial charge in [-0.15, -0.1) is 0 Å². The van der Waals surface area contributed by atoms with Crippen LogP contribution in [0.15, 0.2) is 54.9 Å². The molecule has 0 atom stereocenters. The Labute approximate surface area is 108 Å². The molecule has 0 spiro atoms. The molecule has 0 saturated heterocycles. The molecule has 1 aromatic carbocycles. The molecule has 0 aliphatic heterocycles. The quantitative estimate of drug-likeness (QED) is 0.748. The number of anilines is 1. The van der Waals surface area contributed by atoms with E-state index in [2.05, 4.69) is 34.0 Å². The third-order valence-electron chi connectivity index (χ3n) is 2.75. The summed E-state index contributed by atoms with van der Waals surface area (Å²) in [5.41, 5.74) is 1.20. The second-order valence-corrected chi connectivity index (χ2v) is 4.35. The lowest BCUT2D eigenvalue weighted by Crippen LogP contribution is -2.35. The maximum atomic E-state index is 5.66. The Bertz CT molecular complexity index is 466. The Morgan fingerprint density at radius 1 is 1.00 bits per heavy atom. The molecule has 3 heteroatoms. The Morgan fingerprint density at radius 3 is 2.28 bits per heavy atom. The average molecular weight is 243 g/mol. The third kappa shape index (κ3) is 3.48. The van der Waals surface area contributed by atoms with Gasteiger partial charge in [-0.25, -0.2) is 4.57 Å². The van der Waals surface area contributed by atoms with Crippen molar-refractivity contribution in [1.82, 2.24) is 0 Å². The van der Waals surface area contributed by atoms with E-state index in [0.29, 0.717) is 6.61 Å². The van der Waals surface area contributed by atoms with Gasteiger partial charge in [-0.1, -0.05) is 18.2 Å². The zero-order chi connectivity index (χ0) is 12.8. The minimum atomic E-state index is 0.677. The number of rotatable bonds is 5. The molecule has 1 aromatic heterocycles. The standard InChI is InChI=1S/C15H19N2O/c1-16(2)14-8-10-17(11-9-14)12-13-18-15-6-4-3-5-7-15/h3-11H,12-13H2,1-2H3/q+1. The molecular formula is C15H19N2O+. The van der Waals surface area contributed by atoms with Crippen molar-refractivity contribution in [2.75, 3.05) is 25.6 Å². The highest BCUT2D eigenvalue weighted by Gasteiger charge is 2.02. The number of nitrogens with zero attached hydrogens (tertiary/aromatic N) is 2. The fourth-order valence-corrected chi connectivity index (χ4v) is 1.68. The normalized spacial score (nSPS) is 10.1. The average Bonchev–Trinajstić information content (AvgIpc) is 2.40. The molecule has 0 bridgehead atoms. The summed E-state index contributed by atoms with van der Waals surface area (Å²) in [4.78, 5) is 2.09. The Hall–Kier alpha value is -2.03. The van der Waals surface area contributed by atoms with E-state index in [0.717, 1.165) is 12.3 Å². The molecule has 18 heavy (non-hydrogen) atoms. The van der Waals surface area contributed by atoms with E-state index in [1.165, 1.54) is 5.69 Å². The van der Waals surface area contributed by atoms with Gasteiger partial charge in [0.05, 0.1) is 0 Å². The number of para-hydroxylation sites is 1. The molecule has 1 heterocycles. The van der Waals surface area contributed by atoms with Crippen molar-refractivity contribution in [2.24, 2.45) is 0 Å². The molecule has 0 saturated carbocycles. The summed E-state index contributed by atoms with van der Waals surface area (Å²) in [6, 6.07) is 14.1. The van der Waals surface area contributed by atoms with Crippen molar-refractivity contribution in [1.29, 1.82) is 0 Å². The zero-order valence-corrected chi connectivity index (χ0v) is 10.9. The van der Waals surface area contributed by atoms with E-state index >= 15 is 0 Å². The molecule has 0 amide bonds.